The van der Waals surface area contributed by atoms with Gasteiger partial charge < -0.3 is 4.90 Å². The van der Waals surface area contributed by atoms with Gasteiger partial charge in [0.1, 0.15) is 0 Å². The molecule has 0 atom stereocenters. The summed E-state index contributed by atoms with van der Waals surface area (Å²) in [4.78, 5) is 14.5. The molecule has 0 saturated carbocycles. The number of anilines is 1. The van der Waals surface area contributed by atoms with Crippen LogP contribution in [0.25, 0.3) is 0 Å². The molecule has 0 aliphatic heterocycles. The van der Waals surface area contributed by atoms with E-state index in [0.29, 0.717) is 24.3 Å². The molecule has 0 radical (unpaired) electrons. The van der Waals surface area contributed by atoms with Gasteiger partial charge in [-0.1, -0.05) is 60.7 Å². The summed E-state index contributed by atoms with van der Waals surface area (Å²) in [6.07, 6.45) is 0. The number of sulfonamides is 1. The van der Waals surface area contributed by atoms with Crippen molar-refractivity contribution in [1.82, 2.24) is 4.72 Å². The number of rotatable bonds is 8. The highest BCUT2D eigenvalue weighted by molar-refractivity contribution is 7.89. The molecule has 3 aromatic rings. The first-order valence-electron chi connectivity index (χ1n) is 9.32. The molecule has 0 aromatic heterocycles. The number of hydrogen-bond donors (Lipinski definition) is 1. The first kappa shape index (κ1) is 20.8. The molecule has 0 aliphatic rings. The molecule has 0 fully saturated rings. The summed E-state index contributed by atoms with van der Waals surface area (Å²) < 4.78 is 27.1. The lowest BCUT2D eigenvalue weighted by atomic mass is 10.1. The Labute approximate surface area is 172 Å². The molecular weight excluding hydrogens is 384 g/mol. The molecule has 6 heteroatoms. The fraction of sp³-hybridized carbons (Fsp3) is 0.174. The minimum absolute atomic E-state index is 0.112. The first-order chi connectivity index (χ1) is 13.9. The Morgan fingerprint density at radius 2 is 1.38 bits per heavy atom. The Balaban J connectivity index is 2.12. The molecule has 0 spiro atoms. The molecule has 29 heavy (non-hydrogen) atoms. The van der Waals surface area contributed by atoms with Crippen LogP contribution in [0, 0.1) is 0 Å². The van der Waals surface area contributed by atoms with Gasteiger partial charge in [-0.3, -0.25) is 4.79 Å². The maximum absolute atomic E-state index is 12.4. The Kier molecular flexibility index (Phi) is 6.46. The van der Waals surface area contributed by atoms with Gasteiger partial charge in [-0.05, 0) is 43.3 Å². The summed E-state index contributed by atoms with van der Waals surface area (Å²) in [6.45, 7) is 2.58. The summed E-state index contributed by atoms with van der Waals surface area (Å²) in [5, 5.41) is 0. The zero-order valence-corrected chi connectivity index (χ0v) is 17.3. The lowest BCUT2D eigenvalue weighted by molar-refractivity contribution is 0.101. The second-order valence-electron chi connectivity index (χ2n) is 6.77. The monoisotopic (exact) mass is 408 g/mol. The first-order valence-corrected chi connectivity index (χ1v) is 10.8. The average molecular weight is 409 g/mol. The smallest absolute Gasteiger partial charge is 0.240 e. The lowest BCUT2D eigenvalue weighted by Crippen LogP contribution is -2.25. The summed E-state index contributed by atoms with van der Waals surface area (Å²) >= 11 is 0. The van der Waals surface area contributed by atoms with Crippen molar-refractivity contribution in [2.75, 3.05) is 11.9 Å². The molecule has 0 saturated heterocycles. The van der Waals surface area contributed by atoms with Crippen LogP contribution in [-0.4, -0.2) is 21.2 Å². The van der Waals surface area contributed by atoms with Crippen LogP contribution in [0.1, 0.15) is 28.4 Å². The van der Waals surface area contributed by atoms with E-state index in [1.54, 1.807) is 12.1 Å². The summed E-state index contributed by atoms with van der Waals surface area (Å²) in [5.74, 6) is -0.112. The third kappa shape index (κ3) is 5.10. The Hall–Kier alpha value is -2.96. The van der Waals surface area contributed by atoms with Crippen LogP contribution in [0.2, 0.25) is 0 Å². The number of hydrogen-bond acceptors (Lipinski definition) is 4. The van der Waals surface area contributed by atoms with Crippen molar-refractivity contribution in [2.24, 2.45) is 0 Å². The fourth-order valence-corrected chi connectivity index (χ4v) is 3.94. The van der Waals surface area contributed by atoms with Crippen LogP contribution in [0.4, 0.5) is 5.69 Å². The van der Waals surface area contributed by atoms with Gasteiger partial charge >= 0.3 is 0 Å². The van der Waals surface area contributed by atoms with Gasteiger partial charge in [-0.25, -0.2) is 13.1 Å². The molecule has 0 heterocycles. The van der Waals surface area contributed by atoms with Crippen LogP contribution < -0.4 is 9.62 Å². The molecule has 0 bridgehead atoms. The van der Waals surface area contributed by atoms with E-state index < -0.39 is 10.0 Å². The number of carbonyl (C=O) groups is 1. The number of carbonyl (C=O) groups excluding carboxylic acids is 1. The molecule has 0 aliphatic carbocycles. The van der Waals surface area contributed by atoms with Crippen molar-refractivity contribution in [2.45, 2.75) is 24.9 Å². The number of benzene rings is 3. The third-order valence-electron chi connectivity index (χ3n) is 4.70. The van der Waals surface area contributed by atoms with Gasteiger partial charge in [-0.15, -0.1) is 0 Å². The van der Waals surface area contributed by atoms with Crippen LogP contribution in [0.3, 0.4) is 0 Å². The third-order valence-corrected chi connectivity index (χ3v) is 6.11. The van der Waals surface area contributed by atoms with Crippen LogP contribution in [-0.2, 0) is 23.1 Å². The van der Waals surface area contributed by atoms with Crippen molar-refractivity contribution >= 4 is 21.5 Å². The average Bonchev–Trinajstić information content (AvgIpc) is 2.74. The van der Waals surface area contributed by atoms with Gasteiger partial charge in [0.15, 0.2) is 5.78 Å². The van der Waals surface area contributed by atoms with Gasteiger partial charge in [0.05, 0.1) is 4.90 Å². The van der Waals surface area contributed by atoms with Gasteiger partial charge in [0.25, 0.3) is 0 Å². The van der Waals surface area contributed by atoms with Crippen LogP contribution >= 0.6 is 0 Å². The Morgan fingerprint density at radius 1 is 0.862 bits per heavy atom. The number of Topliss-reactive ketones (excluding diaryl/α,β-unsaturated/α-hetero) is 1. The molecule has 3 aromatic carbocycles. The van der Waals surface area contributed by atoms with E-state index in [1.807, 2.05) is 65.6 Å². The van der Waals surface area contributed by atoms with Gasteiger partial charge in [0, 0.05) is 24.3 Å². The lowest BCUT2D eigenvalue weighted by Gasteiger charge is -2.27. The highest BCUT2D eigenvalue weighted by Gasteiger charge is 2.20. The van der Waals surface area contributed by atoms with Gasteiger partial charge in [0.2, 0.25) is 10.0 Å². The second kappa shape index (κ2) is 9.03. The minimum atomic E-state index is -3.63. The maximum atomic E-state index is 12.4. The van der Waals surface area contributed by atoms with Crippen molar-refractivity contribution < 1.29 is 13.2 Å². The number of nitrogens with zero attached hydrogens (tertiary/aromatic N) is 1. The van der Waals surface area contributed by atoms with Gasteiger partial charge in [-0.2, -0.15) is 0 Å². The quantitative estimate of drug-likeness (QED) is 0.572. The standard InChI is InChI=1S/C23H24N2O3S/c1-18(26)22-14-13-21(29(27,28)24-2)15-23(22)25(16-19-9-5-3-6-10-19)17-20-11-7-4-8-12-20/h3-15,24H,16-17H2,1-2H3. The van der Waals surface area contributed by atoms with E-state index in [1.165, 1.54) is 20.0 Å². The van der Waals surface area contributed by atoms with Crippen molar-refractivity contribution in [3.05, 3.63) is 95.6 Å². The predicted molar refractivity (Wildman–Crippen MR) is 115 cm³/mol. The van der Waals surface area contributed by atoms with E-state index in [2.05, 4.69) is 4.72 Å². The number of ketones is 1. The largest absolute Gasteiger partial charge is 0.362 e. The second-order valence-corrected chi connectivity index (χ2v) is 8.66. The molecule has 0 amide bonds. The topological polar surface area (TPSA) is 66.5 Å². The van der Waals surface area contributed by atoms with E-state index >= 15 is 0 Å². The van der Waals surface area contributed by atoms with Crippen LogP contribution in [0.5, 0.6) is 0 Å². The summed E-state index contributed by atoms with van der Waals surface area (Å²) in [5.41, 5.74) is 3.23. The zero-order chi connectivity index (χ0) is 20.9. The van der Waals surface area contributed by atoms with Crippen molar-refractivity contribution in [3.63, 3.8) is 0 Å². The normalized spacial score (nSPS) is 11.2. The predicted octanol–water partition coefficient (Wildman–Crippen LogP) is 4.00. The number of nitrogens with one attached hydrogen (secondary N) is 1. The van der Waals surface area contributed by atoms with E-state index in [4.69, 9.17) is 0 Å². The maximum Gasteiger partial charge on any atom is 0.240 e. The molecule has 3 rings (SSSR count). The molecule has 5 nitrogen and oxygen atoms in total. The molecular formula is C23H24N2O3S. The van der Waals surface area contributed by atoms with E-state index in [9.17, 15) is 13.2 Å². The van der Waals surface area contributed by atoms with Crippen molar-refractivity contribution in [1.29, 1.82) is 0 Å². The highest BCUT2D eigenvalue weighted by atomic mass is 32.2. The van der Waals surface area contributed by atoms with E-state index in [-0.39, 0.29) is 10.7 Å². The molecule has 1 N–H and O–H groups in total. The summed E-state index contributed by atoms with van der Waals surface area (Å²) in [6, 6.07) is 24.4. The molecule has 150 valence electrons. The minimum Gasteiger partial charge on any atom is -0.362 e. The fourth-order valence-electron chi connectivity index (χ4n) is 3.19. The molecule has 0 unspecified atom stereocenters. The Bertz CT molecular complexity index is 1040. The van der Waals surface area contributed by atoms with Crippen molar-refractivity contribution in [3.8, 4) is 0 Å². The highest BCUT2D eigenvalue weighted by Crippen LogP contribution is 2.28. The SMILES string of the molecule is CNS(=O)(=O)c1ccc(C(C)=O)c(N(Cc2ccccc2)Cc2ccccc2)c1. The zero-order valence-electron chi connectivity index (χ0n) is 16.5. The summed E-state index contributed by atoms with van der Waals surface area (Å²) in [7, 11) is -2.26. The van der Waals surface area contributed by atoms with E-state index in [0.717, 1.165) is 11.1 Å². The van der Waals surface area contributed by atoms with Crippen LogP contribution in [0.15, 0.2) is 83.8 Å². The Morgan fingerprint density at radius 3 is 1.83 bits per heavy atom.